The van der Waals surface area contributed by atoms with Gasteiger partial charge in [-0.05, 0) is 0 Å². The van der Waals surface area contributed by atoms with Gasteiger partial charge in [-0.25, -0.2) is 0 Å². The van der Waals surface area contributed by atoms with Crippen molar-refractivity contribution < 1.29 is 94.4 Å². The molecule has 0 radical (unpaired) electrons. The molecule has 4 fully saturated rings. The number of ether oxygens (including phenoxy) is 7. The topological polar surface area (TPSA) is 307 Å². The van der Waals surface area contributed by atoms with Crippen molar-refractivity contribution >= 4 is 0 Å². The van der Waals surface area contributed by atoms with E-state index in [1.165, 1.54) is 0 Å². The molecule has 4 aliphatic rings. The van der Waals surface area contributed by atoms with Gasteiger partial charge >= 0.3 is 0 Å². The molecule has 12 N–H and O–H groups in total. The Balaban J connectivity index is 1.41. The lowest BCUT2D eigenvalue weighted by molar-refractivity contribution is -0.366. The molecule has 18 unspecified atom stereocenters. The summed E-state index contributed by atoms with van der Waals surface area (Å²) >= 11 is 0. The van der Waals surface area contributed by atoms with Crippen molar-refractivity contribution in [3.8, 4) is 0 Å². The maximum atomic E-state index is 10.5. The minimum Gasteiger partial charge on any atom is -0.394 e. The van der Waals surface area contributed by atoms with Crippen LogP contribution >= 0.6 is 0 Å². The average molecular weight is 607 g/mol. The third-order valence-corrected chi connectivity index (χ3v) is 7.43. The molecule has 0 aromatic heterocycles. The Hall–Kier alpha value is -0.760. The van der Waals surface area contributed by atoms with Crippen LogP contribution in [-0.2, 0) is 33.2 Å². The van der Waals surface area contributed by atoms with Crippen LogP contribution in [0.2, 0.25) is 0 Å². The zero-order valence-corrected chi connectivity index (χ0v) is 21.4. The third-order valence-electron chi connectivity index (χ3n) is 7.43. The Morgan fingerprint density at radius 3 is 1.76 bits per heavy atom. The fraction of sp³-hybridized carbons (Fsp3) is 1.00. The molecule has 4 aliphatic heterocycles. The van der Waals surface area contributed by atoms with Gasteiger partial charge in [-0.3, -0.25) is 0 Å². The van der Waals surface area contributed by atoms with Crippen LogP contribution in [0.15, 0.2) is 0 Å². The first-order chi connectivity index (χ1) is 19.3. The van der Waals surface area contributed by atoms with E-state index in [1.54, 1.807) is 0 Å². The van der Waals surface area contributed by atoms with Crippen molar-refractivity contribution in [3.63, 3.8) is 0 Å². The maximum absolute atomic E-state index is 10.5. The van der Waals surface area contributed by atoms with Crippen LogP contribution in [0.1, 0.15) is 0 Å². The lowest BCUT2D eigenvalue weighted by Crippen LogP contribution is -2.64. The van der Waals surface area contributed by atoms with Crippen LogP contribution in [0.5, 0.6) is 0 Å². The van der Waals surface area contributed by atoms with Crippen molar-refractivity contribution in [2.75, 3.05) is 26.4 Å². The highest BCUT2D eigenvalue weighted by atomic mass is 16.8. The molecule has 4 heterocycles. The molecule has 0 bridgehead atoms. The molecule has 0 aromatic rings. The van der Waals surface area contributed by atoms with Crippen LogP contribution < -0.4 is 0 Å². The highest BCUT2D eigenvalue weighted by molar-refractivity contribution is 4.93. The lowest BCUT2D eigenvalue weighted by atomic mass is 9.98. The fourth-order valence-electron chi connectivity index (χ4n) is 4.82. The minimum atomic E-state index is -1.85. The van der Waals surface area contributed by atoms with Gasteiger partial charge in [0.05, 0.1) is 26.4 Å². The summed E-state index contributed by atoms with van der Waals surface area (Å²) in [6, 6.07) is 0. The Bertz CT molecular complexity index is 822. The predicted molar refractivity (Wildman–Crippen MR) is 122 cm³/mol. The molecule has 19 nitrogen and oxygen atoms in total. The number of rotatable bonds is 8. The summed E-state index contributed by atoms with van der Waals surface area (Å²) in [5.41, 5.74) is 0. The normalized spacial score (nSPS) is 53.3. The number of aliphatic hydroxyl groups is 12. The summed E-state index contributed by atoms with van der Waals surface area (Å²) in [5, 5.41) is 121. The highest BCUT2D eigenvalue weighted by Gasteiger charge is 2.51. The molecular formula is C22H38O19. The van der Waals surface area contributed by atoms with Crippen molar-refractivity contribution in [1.82, 2.24) is 0 Å². The van der Waals surface area contributed by atoms with Crippen LogP contribution in [0.25, 0.3) is 0 Å². The standard InChI is InChI=1S/C22H38O19/c23-1-6-10(26)13(29)17(33)21(38-6)41-18-9(25)5(24)2-36-22(18)37-4-8-11(27)14(30)16(32)20(40-8)39-7-3-35-19(34)15(31)12(7)28/h5-34H,1-4H2. The van der Waals surface area contributed by atoms with Crippen LogP contribution in [0, 0.1) is 0 Å². The quantitative estimate of drug-likeness (QED) is 0.122. The fourth-order valence-corrected chi connectivity index (χ4v) is 4.82. The van der Waals surface area contributed by atoms with Gasteiger partial charge < -0.3 is 94.4 Å². The van der Waals surface area contributed by atoms with Gasteiger partial charge in [0.2, 0.25) is 0 Å². The highest BCUT2D eigenvalue weighted by Crippen LogP contribution is 2.30. The maximum Gasteiger partial charge on any atom is 0.187 e. The van der Waals surface area contributed by atoms with E-state index in [9.17, 15) is 61.3 Å². The van der Waals surface area contributed by atoms with E-state index in [0.717, 1.165) is 0 Å². The van der Waals surface area contributed by atoms with Gasteiger partial charge in [-0.1, -0.05) is 0 Å². The average Bonchev–Trinajstić information content (AvgIpc) is 2.95. The van der Waals surface area contributed by atoms with E-state index >= 15 is 0 Å². The van der Waals surface area contributed by atoms with Crippen LogP contribution in [0.4, 0.5) is 0 Å². The van der Waals surface area contributed by atoms with Crippen molar-refractivity contribution in [2.24, 2.45) is 0 Å². The zero-order valence-electron chi connectivity index (χ0n) is 21.4. The van der Waals surface area contributed by atoms with Crippen molar-refractivity contribution in [3.05, 3.63) is 0 Å². The Kier molecular flexibility index (Phi) is 11.2. The molecule has 0 aromatic carbocycles. The van der Waals surface area contributed by atoms with Gasteiger partial charge in [0.1, 0.15) is 85.5 Å². The van der Waals surface area contributed by atoms with E-state index < -0.39 is 137 Å². The summed E-state index contributed by atoms with van der Waals surface area (Å²) in [6.07, 6.45) is -29.7. The van der Waals surface area contributed by atoms with Gasteiger partial charge in [0.15, 0.2) is 25.2 Å². The first-order valence-electron chi connectivity index (χ1n) is 12.9. The Morgan fingerprint density at radius 2 is 1.12 bits per heavy atom. The Morgan fingerprint density at radius 1 is 0.537 bits per heavy atom. The largest absolute Gasteiger partial charge is 0.394 e. The smallest absolute Gasteiger partial charge is 0.187 e. The van der Waals surface area contributed by atoms with E-state index in [-0.39, 0.29) is 0 Å². The zero-order chi connectivity index (χ0) is 30.2. The summed E-state index contributed by atoms with van der Waals surface area (Å²) in [4.78, 5) is 0. The molecule has 4 saturated heterocycles. The molecule has 18 atom stereocenters. The minimum absolute atomic E-state index is 0.418. The SMILES string of the molecule is OCC1OC(OC2C(OCC3OC(OC4COC(O)C(O)C4O)C(O)C(O)C3O)OCC(O)C2O)C(O)C(O)C1O. The molecule has 4 rings (SSSR count). The number of aliphatic hydroxyl groups excluding tert-OH is 12. The van der Waals surface area contributed by atoms with Crippen LogP contribution in [-0.4, -0.2) is 198 Å². The van der Waals surface area contributed by atoms with E-state index in [2.05, 4.69) is 0 Å². The third kappa shape index (κ3) is 6.99. The molecule has 19 heteroatoms. The molecule has 0 spiro atoms. The monoisotopic (exact) mass is 606 g/mol. The Labute approximate surface area is 232 Å². The van der Waals surface area contributed by atoms with Gasteiger partial charge in [-0.2, -0.15) is 0 Å². The van der Waals surface area contributed by atoms with Gasteiger partial charge in [-0.15, -0.1) is 0 Å². The number of hydrogen-bond acceptors (Lipinski definition) is 19. The first-order valence-corrected chi connectivity index (χ1v) is 12.9. The molecular weight excluding hydrogens is 568 g/mol. The van der Waals surface area contributed by atoms with Gasteiger partial charge in [0.25, 0.3) is 0 Å². The van der Waals surface area contributed by atoms with Crippen molar-refractivity contribution in [2.45, 2.75) is 111 Å². The first kappa shape index (κ1) is 33.1. The van der Waals surface area contributed by atoms with Gasteiger partial charge in [0, 0.05) is 0 Å². The second kappa shape index (κ2) is 13.9. The summed E-state index contributed by atoms with van der Waals surface area (Å²) < 4.78 is 37.6. The van der Waals surface area contributed by atoms with Crippen LogP contribution in [0.3, 0.4) is 0 Å². The molecule has 0 saturated carbocycles. The second-order valence-corrected chi connectivity index (χ2v) is 10.3. The van der Waals surface area contributed by atoms with Crippen molar-refractivity contribution in [1.29, 1.82) is 0 Å². The van der Waals surface area contributed by atoms with E-state index in [0.29, 0.717) is 0 Å². The molecule has 240 valence electrons. The number of hydrogen-bond donors (Lipinski definition) is 12. The summed E-state index contributed by atoms with van der Waals surface area (Å²) in [6.45, 7) is -2.24. The lowest BCUT2D eigenvalue weighted by Gasteiger charge is -2.45. The van der Waals surface area contributed by atoms with E-state index in [1.807, 2.05) is 0 Å². The predicted octanol–water partition coefficient (Wildman–Crippen LogP) is -8.47. The summed E-state index contributed by atoms with van der Waals surface area (Å²) in [7, 11) is 0. The second-order valence-electron chi connectivity index (χ2n) is 10.3. The molecule has 41 heavy (non-hydrogen) atoms. The molecule has 0 aliphatic carbocycles. The molecule has 0 amide bonds. The summed E-state index contributed by atoms with van der Waals surface area (Å²) in [5.74, 6) is 0. The van der Waals surface area contributed by atoms with E-state index in [4.69, 9.17) is 33.2 Å².